The highest BCUT2D eigenvalue weighted by molar-refractivity contribution is 5.87. The monoisotopic (exact) mass is 1040 g/mol. The highest BCUT2D eigenvalue weighted by Crippen LogP contribution is 2.21. The first-order valence-corrected chi connectivity index (χ1v) is 24.3. The van der Waals surface area contributed by atoms with Gasteiger partial charge in [0.05, 0.1) is 18.1 Å². The van der Waals surface area contributed by atoms with Crippen LogP contribution in [0.4, 0.5) is 62.9 Å². The summed E-state index contributed by atoms with van der Waals surface area (Å²) >= 11 is 0. The van der Waals surface area contributed by atoms with Gasteiger partial charge in [-0.15, -0.1) is 0 Å². The molecule has 0 aliphatic carbocycles. The highest BCUT2D eigenvalue weighted by Gasteiger charge is 2.38. The van der Waals surface area contributed by atoms with Crippen molar-refractivity contribution in [2.75, 3.05) is 71.5 Å². The first kappa shape index (κ1) is 56.2. The Kier molecular flexibility index (Phi) is 21.0. The van der Waals surface area contributed by atoms with Crippen LogP contribution in [0.2, 0.25) is 0 Å². The van der Waals surface area contributed by atoms with Crippen LogP contribution in [0, 0.1) is 41.5 Å². The van der Waals surface area contributed by atoms with Gasteiger partial charge < -0.3 is 28.4 Å². The molecular formula is C57H63N7O12. The van der Waals surface area contributed by atoms with Crippen molar-refractivity contribution < 1.29 is 57.2 Å². The summed E-state index contributed by atoms with van der Waals surface area (Å²) in [6.45, 7) is 7.91. The molecule has 6 aromatic rings. The minimum atomic E-state index is -1.28. The topological polar surface area (TPSA) is 233 Å². The molecule has 19 heteroatoms. The van der Waals surface area contributed by atoms with Gasteiger partial charge in [0, 0.05) is 34.1 Å². The van der Waals surface area contributed by atoms with E-state index in [0.717, 1.165) is 33.4 Å². The van der Waals surface area contributed by atoms with Gasteiger partial charge in [-0.2, -0.15) is 0 Å². The van der Waals surface area contributed by atoms with Crippen LogP contribution in [0.15, 0.2) is 146 Å². The number of nitrogens with zero attached hydrogens (tertiary/aromatic N) is 1. The SMILES string of the molecule is Cc1ccc(NC(=O)OCC(COC(=O)Nc2ccc(C)cc2)N(C(COC(=O)Nc2ccc(C)cc2)COC(=O)Nc2ccc(C)cc2)C(COC(=O)Nc2ccc(C)cc2)COC(=O)Nc2ccc(C)cc2)cc1. The molecule has 0 aromatic heterocycles. The largest absolute Gasteiger partial charge is 0.448 e. The molecule has 76 heavy (non-hydrogen) atoms. The minimum Gasteiger partial charge on any atom is -0.448 e. The molecule has 6 aromatic carbocycles. The average molecular weight is 1040 g/mol. The lowest BCUT2D eigenvalue weighted by Crippen LogP contribution is -2.59. The zero-order chi connectivity index (χ0) is 54.4. The van der Waals surface area contributed by atoms with Crippen molar-refractivity contribution >= 4 is 70.7 Å². The summed E-state index contributed by atoms with van der Waals surface area (Å²) in [6, 6.07) is 37.9. The van der Waals surface area contributed by atoms with Crippen molar-refractivity contribution in [3.63, 3.8) is 0 Å². The van der Waals surface area contributed by atoms with Crippen LogP contribution in [-0.4, -0.2) is 99.2 Å². The summed E-state index contributed by atoms with van der Waals surface area (Å²) in [4.78, 5) is 83.3. The van der Waals surface area contributed by atoms with Crippen LogP contribution in [0.1, 0.15) is 33.4 Å². The van der Waals surface area contributed by atoms with E-state index < -0.39 is 94.3 Å². The van der Waals surface area contributed by atoms with Gasteiger partial charge in [-0.3, -0.25) is 36.8 Å². The van der Waals surface area contributed by atoms with Crippen LogP contribution < -0.4 is 31.9 Å². The van der Waals surface area contributed by atoms with E-state index >= 15 is 0 Å². The van der Waals surface area contributed by atoms with Crippen LogP contribution in [-0.2, 0) is 28.4 Å². The molecule has 0 heterocycles. The predicted molar refractivity (Wildman–Crippen MR) is 290 cm³/mol. The number of hydrogen-bond acceptors (Lipinski definition) is 13. The highest BCUT2D eigenvalue weighted by atomic mass is 16.6. The number of hydrogen-bond donors (Lipinski definition) is 6. The number of amides is 6. The van der Waals surface area contributed by atoms with Gasteiger partial charge in [0.1, 0.15) is 39.6 Å². The van der Waals surface area contributed by atoms with Gasteiger partial charge in [-0.05, 0) is 114 Å². The number of nitrogens with one attached hydrogen (secondary N) is 6. The quantitative estimate of drug-likeness (QED) is 0.0369. The van der Waals surface area contributed by atoms with Crippen molar-refractivity contribution in [3.8, 4) is 0 Å². The fourth-order valence-corrected chi connectivity index (χ4v) is 7.33. The Balaban J connectivity index is 1.40. The van der Waals surface area contributed by atoms with Crippen molar-refractivity contribution in [2.24, 2.45) is 0 Å². The molecule has 6 rings (SSSR count). The van der Waals surface area contributed by atoms with E-state index in [4.69, 9.17) is 28.4 Å². The molecule has 6 N–H and O–H groups in total. The number of carbonyl (C=O) groups is 6. The molecule has 0 fully saturated rings. The second-order valence-corrected chi connectivity index (χ2v) is 17.9. The number of rotatable bonds is 21. The minimum absolute atomic E-state index is 0.412. The van der Waals surface area contributed by atoms with E-state index in [-0.39, 0.29) is 0 Å². The van der Waals surface area contributed by atoms with Crippen molar-refractivity contribution in [2.45, 2.75) is 59.7 Å². The van der Waals surface area contributed by atoms with E-state index in [2.05, 4.69) is 31.9 Å². The van der Waals surface area contributed by atoms with Crippen LogP contribution in [0.5, 0.6) is 0 Å². The predicted octanol–water partition coefficient (Wildman–Crippen LogP) is 11.7. The molecular weight excluding hydrogens is 975 g/mol. The number of benzene rings is 6. The molecule has 398 valence electrons. The third-order valence-electron chi connectivity index (χ3n) is 11.5. The lowest BCUT2D eigenvalue weighted by Gasteiger charge is -2.41. The summed E-state index contributed by atoms with van der Waals surface area (Å²) in [7, 11) is 0. The van der Waals surface area contributed by atoms with Gasteiger partial charge in [-0.1, -0.05) is 106 Å². The number of aryl methyl sites for hydroxylation is 6. The maximum atomic E-state index is 13.6. The van der Waals surface area contributed by atoms with Crippen molar-refractivity contribution in [1.82, 2.24) is 4.90 Å². The van der Waals surface area contributed by atoms with Gasteiger partial charge in [0.25, 0.3) is 0 Å². The molecule has 0 aliphatic rings. The number of carbonyl (C=O) groups excluding carboxylic acids is 6. The Hall–Kier alpha value is -9.10. The normalized spacial score (nSPS) is 10.8. The second-order valence-electron chi connectivity index (χ2n) is 17.9. The van der Waals surface area contributed by atoms with Crippen LogP contribution in [0.3, 0.4) is 0 Å². The Labute approximate surface area is 441 Å². The number of ether oxygens (including phenoxy) is 6. The molecule has 0 atom stereocenters. The smallest absolute Gasteiger partial charge is 0.411 e. The number of anilines is 6. The lowest BCUT2D eigenvalue weighted by molar-refractivity contribution is -0.0565. The second kappa shape index (κ2) is 28.4. The molecule has 0 saturated carbocycles. The Morgan fingerprint density at radius 3 is 0.539 bits per heavy atom. The molecule has 0 bridgehead atoms. The average Bonchev–Trinajstić information content (AvgIpc) is 3.39. The maximum Gasteiger partial charge on any atom is 0.411 e. The third kappa shape index (κ3) is 19.4. The first-order chi connectivity index (χ1) is 36.5. The van der Waals surface area contributed by atoms with Gasteiger partial charge >= 0.3 is 36.6 Å². The van der Waals surface area contributed by atoms with Gasteiger partial charge in [0.2, 0.25) is 0 Å². The zero-order valence-electron chi connectivity index (χ0n) is 43.2. The van der Waals surface area contributed by atoms with E-state index in [1.54, 1.807) is 146 Å². The van der Waals surface area contributed by atoms with Crippen molar-refractivity contribution in [1.29, 1.82) is 0 Å². The summed E-state index contributed by atoms with van der Waals surface area (Å²) in [5.41, 5.74) is 8.15. The third-order valence-corrected chi connectivity index (χ3v) is 11.5. The van der Waals surface area contributed by atoms with Crippen LogP contribution in [0.25, 0.3) is 0 Å². The lowest BCUT2D eigenvalue weighted by atomic mass is 10.1. The van der Waals surface area contributed by atoms with E-state index in [1.807, 2.05) is 41.5 Å². The van der Waals surface area contributed by atoms with Gasteiger partial charge in [0.15, 0.2) is 0 Å². The van der Waals surface area contributed by atoms with E-state index in [0.29, 0.717) is 34.1 Å². The van der Waals surface area contributed by atoms with Crippen molar-refractivity contribution in [3.05, 3.63) is 179 Å². The van der Waals surface area contributed by atoms with E-state index in [9.17, 15) is 28.8 Å². The van der Waals surface area contributed by atoms with E-state index in [1.165, 1.54) is 4.90 Å². The molecule has 0 radical (unpaired) electrons. The standard InChI is InChI=1S/C57H63N7O12/c1-37-7-19-43(20-8-37)58-52(65)71-31-49(32-72-53(66)59-44-21-9-38(2)10-22-44)64(50(33-73-54(67)60-45-23-11-39(3)12-24-45)34-74-55(68)61-46-25-13-40(4)14-26-46)51(35-75-56(69)62-47-27-15-41(5)16-28-47)36-76-57(70)63-48-29-17-42(6)18-30-48/h7-30,49-51H,31-36H2,1-6H3,(H,58,65)(H,59,66)(H,60,67)(H,61,68)(H,62,69)(H,63,70). The molecule has 0 saturated heterocycles. The molecule has 0 spiro atoms. The Morgan fingerprint density at radius 1 is 0.276 bits per heavy atom. The fourth-order valence-electron chi connectivity index (χ4n) is 7.33. The Morgan fingerprint density at radius 2 is 0.408 bits per heavy atom. The van der Waals surface area contributed by atoms with Crippen LogP contribution >= 0.6 is 0 Å². The molecule has 6 amide bonds. The zero-order valence-corrected chi connectivity index (χ0v) is 43.2. The maximum absolute atomic E-state index is 13.6. The van der Waals surface area contributed by atoms with Gasteiger partial charge in [-0.25, -0.2) is 28.8 Å². The first-order valence-electron chi connectivity index (χ1n) is 24.3. The summed E-state index contributed by atoms with van der Waals surface area (Å²) < 4.78 is 35.1. The summed E-state index contributed by atoms with van der Waals surface area (Å²) in [5, 5.41) is 16.1. The summed E-state index contributed by atoms with van der Waals surface area (Å²) in [5.74, 6) is 0. The molecule has 19 nitrogen and oxygen atoms in total. The fraction of sp³-hybridized carbons (Fsp3) is 0.263. The Bertz CT molecular complexity index is 2350. The molecule has 0 unspecified atom stereocenters. The molecule has 0 aliphatic heterocycles. The summed E-state index contributed by atoms with van der Waals surface area (Å²) in [6.07, 6.45) is -5.44.